The van der Waals surface area contributed by atoms with Crippen molar-refractivity contribution in [2.45, 2.75) is 13.0 Å². The SMILES string of the molecule is O=C(O)CCn1c(=O)cc(O)c2ccccc21. The van der Waals surface area contributed by atoms with Gasteiger partial charge in [-0.15, -0.1) is 0 Å². The second-order valence-corrected chi connectivity index (χ2v) is 3.68. The quantitative estimate of drug-likeness (QED) is 0.834. The number of pyridine rings is 1. The minimum atomic E-state index is -0.964. The molecule has 0 fully saturated rings. The van der Waals surface area contributed by atoms with E-state index in [1.165, 1.54) is 4.57 Å². The number of carboxylic acids is 1. The molecule has 0 atom stereocenters. The largest absolute Gasteiger partial charge is 0.507 e. The van der Waals surface area contributed by atoms with Gasteiger partial charge in [-0.25, -0.2) is 0 Å². The van der Waals surface area contributed by atoms with Crippen molar-refractivity contribution >= 4 is 16.9 Å². The molecule has 0 amide bonds. The Balaban J connectivity index is 2.61. The van der Waals surface area contributed by atoms with Crippen LogP contribution in [0.4, 0.5) is 0 Å². The predicted octanol–water partition coefficient (Wildman–Crippen LogP) is 1.18. The number of aryl methyl sites for hydroxylation is 1. The number of aromatic hydroxyl groups is 1. The number of para-hydroxylation sites is 1. The predicted molar refractivity (Wildman–Crippen MR) is 62.1 cm³/mol. The van der Waals surface area contributed by atoms with Crippen molar-refractivity contribution in [2.75, 3.05) is 0 Å². The molecule has 0 radical (unpaired) electrons. The van der Waals surface area contributed by atoms with Gasteiger partial charge in [-0.1, -0.05) is 12.1 Å². The van der Waals surface area contributed by atoms with Gasteiger partial charge in [0.2, 0.25) is 0 Å². The molecule has 2 N–H and O–H groups in total. The molecule has 88 valence electrons. The summed E-state index contributed by atoms with van der Waals surface area (Å²) in [5.74, 6) is -1.05. The molecule has 5 heteroatoms. The lowest BCUT2D eigenvalue weighted by Gasteiger charge is -2.09. The van der Waals surface area contributed by atoms with Crippen molar-refractivity contribution in [3.63, 3.8) is 0 Å². The number of aromatic nitrogens is 1. The maximum atomic E-state index is 11.7. The van der Waals surface area contributed by atoms with Crippen molar-refractivity contribution < 1.29 is 15.0 Å². The van der Waals surface area contributed by atoms with Gasteiger partial charge in [0.25, 0.3) is 5.56 Å². The Morgan fingerprint density at radius 2 is 2.00 bits per heavy atom. The van der Waals surface area contributed by atoms with E-state index < -0.39 is 11.5 Å². The Morgan fingerprint density at radius 1 is 1.29 bits per heavy atom. The first-order chi connectivity index (χ1) is 8.09. The zero-order valence-electron chi connectivity index (χ0n) is 8.96. The monoisotopic (exact) mass is 233 g/mol. The number of hydrogen-bond acceptors (Lipinski definition) is 3. The minimum Gasteiger partial charge on any atom is -0.507 e. The lowest BCUT2D eigenvalue weighted by molar-refractivity contribution is -0.137. The molecule has 2 aromatic rings. The van der Waals surface area contributed by atoms with E-state index in [1.54, 1.807) is 24.3 Å². The first kappa shape index (κ1) is 11.2. The van der Waals surface area contributed by atoms with Gasteiger partial charge in [0.05, 0.1) is 11.9 Å². The molecule has 0 saturated carbocycles. The summed E-state index contributed by atoms with van der Waals surface area (Å²) in [4.78, 5) is 22.2. The number of rotatable bonds is 3. The zero-order chi connectivity index (χ0) is 12.4. The molecule has 1 heterocycles. The van der Waals surface area contributed by atoms with Crippen molar-refractivity contribution in [2.24, 2.45) is 0 Å². The number of nitrogens with zero attached hydrogens (tertiary/aromatic N) is 1. The van der Waals surface area contributed by atoms with Gasteiger partial charge in [0.1, 0.15) is 5.75 Å². The summed E-state index contributed by atoms with van der Waals surface area (Å²) in [5.41, 5.74) is 0.140. The Hall–Kier alpha value is -2.30. The van der Waals surface area contributed by atoms with Crippen LogP contribution in [0, 0.1) is 0 Å². The molecule has 0 aliphatic heterocycles. The second kappa shape index (κ2) is 4.29. The Kier molecular flexibility index (Phi) is 2.82. The van der Waals surface area contributed by atoms with Crippen LogP contribution >= 0.6 is 0 Å². The van der Waals surface area contributed by atoms with Crippen LogP contribution in [0.15, 0.2) is 35.1 Å². The summed E-state index contributed by atoms with van der Waals surface area (Å²) in [6.45, 7) is 0.0922. The minimum absolute atomic E-state index is 0.0859. The lowest BCUT2D eigenvalue weighted by Crippen LogP contribution is -2.20. The van der Waals surface area contributed by atoms with Crippen molar-refractivity contribution in [3.8, 4) is 5.75 Å². The van der Waals surface area contributed by atoms with Gasteiger partial charge in [0, 0.05) is 18.0 Å². The number of benzene rings is 1. The van der Waals surface area contributed by atoms with Crippen LogP contribution in [-0.4, -0.2) is 20.7 Å². The molecular weight excluding hydrogens is 222 g/mol. The van der Waals surface area contributed by atoms with Crippen LogP contribution in [0.2, 0.25) is 0 Å². The maximum absolute atomic E-state index is 11.7. The van der Waals surface area contributed by atoms with Gasteiger partial charge in [0.15, 0.2) is 0 Å². The van der Waals surface area contributed by atoms with Crippen molar-refractivity contribution in [1.82, 2.24) is 4.57 Å². The van der Waals surface area contributed by atoms with Crippen LogP contribution in [0.25, 0.3) is 10.9 Å². The molecule has 2 rings (SSSR count). The summed E-state index contributed by atoms with van der Waals surface area (Å²) in [6, 6.07) is 7.94. The molecule has 1 aromatic heterocycles. The van der Waals surface area contributed by atoms with Crippen LogP contribution in [0.3, 0.4) is 0 Å². The molecule has 0 aliphatic rings. The lowest BCUT2D eigenvalue weighted by atomic mass is 10.2. The molecular formula is C12H11NO4. The zero-order valence-corrected chi connectivity index (χ0v) is 8.96. The second-order valence-electron chi connectivity index (χ2n) is 3.68. The van der Waals surface area contributed by atoms with Gasteiger partial charge >= 0.3 is 5.97 Å². The highest BCUT2D eigenvalue weighted by Gasteiger charge is 2.08. The Morgan fingerprint density at radius 3 is 2.71 bits per heavy atom. The van der Waals surface area contributed by atoms with E-state index in [0.29, 0.717) is 10.9 Å². The molecule has 0 unspecified atom stereocenters. The first-order valence-electron chi connectivity index (χ1n) is 5.13. The third-order valence-corrected chi connectivity index (χ3v) is 2.55. The fraction of sp³-hybridized carbons (Fsp3) is 0.167. The molecule has 0 saturated heterocycles. The fourth-order valence-electron chi connectivity index (χ4n) is 1.76. The van der Waals surface area contributed by atoms with Crippen LogP contribution in [0.5, 0.6) is 5.75 Å². The van der Waals surface area contributed by atoms with Gasteiger partial charge in [-0.2, -0.15) is 0 Å². The molecule has 5 nitrogen and oxygen atoms in total. The number of fused-ring (bicyclic) bond motifs is 1. The molecule has 0 aliphatic carbocycles. The standard InChI is InChI=1S/C12H11NO4/c14-10-7-11(15)13(6-5-12(16)17)9-4-2-1-3-8(9)10/h1-4,7,14H,5-6H2,(H,16,17). The van der Waals surface area contributed by atoms with E-state index in [2.05, 4.69) is 0 Å². The van der Waals surface area contributed by atoms with E-state index in [-0.39, 0.29) is 18.7 Å². The van der Waals surface area contributed by atoms with Crippen LogP contribution in [0.1, 0.15) is 6.42 Å². The van der Waals surface area contributed by atoms with E-state index in [4.69, 9.17) is 5.11 Å². The normalized spacial score (nSPS) is 10.6. The highest BCUT2D eigenvalue weighted by Crippen LogP contribution is 2.21. The third-order valence-electron chi connectivity index (χ3n) is 2.55. The van der Waals surface area contributed by atoms with E-state index in [0.717, 1.165) is 6.07 Å². The maximum Gasteiger partial charge on any atom is 0.305 e. The van der Waals surface area contributed by atoms with Crippen molar-refractivity contribution in [3.05, 3.63) is 40.7 Å². The van der Waals surface area contributed by atoms with E-state index in [9.17, 15) is 14.7 Å². The number of aliphatic carboxylic acids is 1. The van der Waals surface area contributed by atoms with Gasteiger partial charge in [-0.05, 0) is 12.1 Å². The van der Waals surface area contributed by atoms with Crippen LogP contribution in [-0.2, 0) is 11.3 Å². The third kappa shape index (κ3) is 2.13. The summed E-state index contributed by atoms with van der Waals surface area (Å²) in [5, 5.41) is 18.8. The first-order valence-corrected chi connectivity index (χ1v) is 5.13. The topological polar surface area (TPSA) is 79.5 Å². The van der Waals surface area contributed by atoms with E-state index in [1.807, 2.05) is 0 Å². The highest BCUT2D eigenvalue weighted by molar-refractivity contribution is 5.85. The average Bonchev–Trinajstić information content (AvgIpc) is 2.28. The number of carboxylic acid groups (broad SMARTS) is 1. The summed E-state index contributed by atoms with van der Waals surface area (Å²) in [6.07, 6.45) is -0.130. The molecule has 17 heavy (non-hydrogen) atoms. The Bertz CT molecular complexity index is 630. The molecule has 0 spiro atoms. The van der Waals surface area contributed by atoms with Gasteiger partial charge < -0.3 is 14.8 Å². The average molecular weight is 233 g/mol. The number of hydrogen-bond donors (Lipinski definition) is 2. The summed E-state index contributed by atoms with van der Waals surface area (Å²) >= 11 is 0. The van der Waals surface area contributed by atoms with Gasteiger partial charge in [-0.3, -0.25) is 9.59 Å². The molecule has 1 aromatic carbocycles. The van der Waals surface area contributed by atoms with Crippen LogP contribution < -0.4 is 5.56 Å². The highest BCUT2D eigenvalue weighted by atomic mass is 16.4. The smallest absolute Gasteiger partial charge is 0.305 e. The van der Waals surface area contributed by atoms with E-state index >= 15 is 0 Å². The summed E-state index contributed by atoms with van der Waals surface area (Å²) < 4.78 is 1.35. The molecule has 0 bridgehead atoms. The fourth-order valence-corrected chi connectivity index (χ4v) is 1.76. The Labute approximate surface area is 96.5 Å². The number of carbonyl (C=O) groups is 1. The summed E-state index contributed by atoms with van der Waals surface area (Å²) in [7, 11) is 0. The van der Waals surface area contributed by atoms with Crippen molar-refractivity contribution in [1.29, 1.82) is 0 Å².